The maximum absolute atomic E-state index is 13.0. The number of nitrogens with zero attached hydrogens (tertiary/aromatic N) is 1. The van der Waals surface area contributed by atoms with Crippen LogP contribution in [0.4, 0.5) is 5.69 Å². The second-order valence-corrected chi connectivity index (χ2v) is 7.41. The quantitative estimate of drug-likeness (QED) is 0.591. The molecule has 6 nitrogen and oxygen atoms in total. The lowest BCUT2D eigenvalue weighted by atomic mass is 10.0. The lowest BCUT2D eigenvalue weighted by Gasteiger charge is -2.15. The average Bonchev–Trinajstić information content (AvgIpc) is 3.36. The Morgan fingerprint density at radius 3 is 2.47 bits per heavy atom. The summed E-state index contributed by atoms with van der Waals surface area (Å²) in [6.07, 6.45) is 0.614. The molecule has 0 unspecified atom stereocenters. The van der Waals surface area contributed by atoms with Gasteiger partial charge in [-0.25, -0.2) is 0 Å². The summed E-state index contributed by atoms with van der Waals surface area (Å²) in [7, 11) is 3.03. The van der Waals surface area contributed by atoms with E-state index in [1.165, 1.54) is 14.2 Å². The first kappa shape index (κ1) is 20.0. The Hall–Kier alpha value is -3.25. The van der Waals surface area contributed by atoms with Gasteiger partial charge in [0.2, 0.25) is 11.7 Å². The van der Waals surface area contributed by atoms with Gasteiger partial charge in [0.15, 0.2) is 0 Å². The van der Waals surface area contributed by atoms with Gasteiger partial charge in [-0.2, -0.15) is 0 Å². The highest BCUT2D eigenvalue weighted by atomic mass is 35.5. The molecule has 0 radical (unpaired) electrons. The lowest BCUT2D eigenvalue weighted by Crippen LogP contribution is -2.20. The van der Waals surface area contributed by atoms with Crippen LogP contribution in [0.2, 0.25) is 5.02 Å². The minimum Gasteiger partial charge on any atom is -0.495 e. The second kappa shape index (κ2) is 8.24. The fourth-order valence-corrected chi connectivity index (χ4v) is 4.06. The molecule has 154 valence electrons. The number of methoxy groups -OCH3 is 2. The summed E-state index contributed by atoms with van der Waals surface area (Å²) in [6, 6.07) is 16.0. The number of halogens is 1. The molecule has 7 heteroatoms. The number of anilines is 1. The topological polar surface area (TPSA) is 69.6 Å². The lowest BCUT2D eigenvalue weighted by molar-refractivity contribution is -0.117. The van der Waals surface area contributed by atoms with Crippen LogP contribution in [0.15, 0.2) is 54.6 Å². The third-order valence-electron chi connectivity index (χ3n) is 5.33. The number of benzene rings is 2. The maximum Gasteiger partial charge on any atom is 0.233 e. The molecule has 0 saturated carbocycles. The molecule has 3 aromatic rings. The van der Waals surface area contributed by atoms with Gasteiger partial charge in [0, 0.05) is 23.9 Å². The summed E-state index contributed by atoms with van der Waals surface area (Å²) >= 11 is 6.21. The molecule has 0 fully saturated rings. The summed E-state index contributed by atoms with van der Waals surface area (Å²) in [5.41, 5.74) is 2.52. The Balaban J connectivity index is 1.57. The van der Waals surface area contributed by atoms with Crippen molar-refractivity contribution >= 4 is 29.0 Å². The summed E-state index contributed by atoms with van der Waals surface area (Å²) in [6.45, 7) is 0.606. The van der Waals surface area contributed by atoms with Crippen LogP contribution in [0.5, 0.6) is 11.5 Å². The van der Waals surface area contributed by atoms with E-state index in [1.807, 2.05) is 28.8 Å². The zero-order chi connectivity index (χ0) is 21.3. The molecule has 0 saturated heterocycles. The van der Waals surface area contributed by atoms with E-state index in [4.69, 9.17) is 21.1 Å². The zero-order valence-electron chi connectivity index (χ0n) is 16.6. The summed E-state index contributed by atoms with van der Waals surface area (Å²) in [5.74, 6) is 0.327. The van der Waals surface area contributed by atoms with E-state index in [1.54, 1.807) is 30.3 Å². The summed E-state index contributed by atoms with van der Waals surface area (Å²) < 4.78 is 12.5. The van der Waals surface area contributed by atoms with Crippen molar-refractivity contribution in [3.63, 3.8) is 0 Å². The van der Waals surface area contributed by atoms with Crippen LogP contribution >= 0.6 is 11.6 Å². The van der Waals surface area contributed by atoms with Gasteiger partial charge >= 0.3 is 0 Å². The van der Waals surface area contributed by atoms with E-state index in [0.717, 1.165) is 5.69 Å². The monoisotopic (exact) mass is 424 g/mol. The molecule has 0 spiro atoms. The number of hydrogen-bond donors (Lipinski definition) is 1. The van der Waals surface area contributed by atoms with Crippen molar-refractivity contribution in [3.05, 3.63) is 76.6 Å². The van der Waals surface area contributed by atoms with Gasteiger partial charge in [-0.1, -0.05) is 41.9 Å². The number of amides is 1. The van der Waals surface area contributed by atoms with Crippen molar-refractivity contribution in [3.8, 4) is 11.5 Å². The van der Waals surface area contributed by atoms with Crippen molar-refractivity contribution in [2.45, 2.75) is 18.9 Å². The van der Waals surface area contributed by atoms with Crippen molar-refractivity contribution in [1.82, 2.24) is 4.57 Å². The van der Waals surface area contributed by atoms with Crippen LogP contribution < -0.4 is 14.8 Å². The molecule has 1 atom stereocenters. The Morgan fingerprint density at radius 1 is 1.03 bits per heavy atom. The largest absolute Gasteiger partial charge is 0.495 e. The number of carbonyl (C=O) groups is 2. The van der Waals surface area contributed by atoms with Gasteiger partial charge in [0.1, 0.15) is 11.5 Å². The highest BCUT2D eigenvalue weighted by Crippen LogP contribution is 2.38. The standard InChI is InChI=1S/C23H21ClN2O4/c1-29-20-13-21(30-2)17(12-16(20)24)25-23(28)15-10-11-26-18(15)8-9-19(26)22(27)14-6-4-3-5-7-14/h3-9,12-13,15H,10-11H2,1-2H3,(H,25,28)/t15-/m0/s1. The minimum atomic E-state index is -0.368. The Morgan fingerprint density at radius 2 is 1.77 bits per heavy atom. The van der Waals surface area contributed by atoms with Gasteiger partial charge in [0.05, 0.1) is 36.5 Å². The zero-order valence-corrected chi connectivity index (χ0v) is 17.4. The molecule has 1 aromatic heterocycles. The number of hydrogen-bond acceptors (Lipinski definition) is 4. The van der Waals surface area contributed by atoms with Crippen molar-refractivity contribution in [2.24, 2.45) is 0 Å². The minimum absolute atomic E-state index is 0.0495. The molecule has 0 bridgehead atoms. The first-order valence-corrected chi connectivity index (χ1v) is 9.93. The number of ketones is 1. The van der Waals surface area contributed by atoms with Crippen LogP contribution in [-0.4, -0.2) is 30.5 Å². The second-order valence-electron chi connectivity index (χ2n) is 7.01. The van der Waals surface area contributed by atoms with E-state index < -0.39 is 0 Å². The van der Waals surface area contributed by atoms with Crippen LogP contribution in [0.3, 0.4) is 0 Å². The van der Waals surface area contributed by atoms with Crippen molar-refractivity contribution in [1.29, 1.82) is 0 Å². The number of ether oxygens (including phenoxy) is 2. The number of fused-ring (bicyclic) bond motifs is 1. The van der Waals surface area contributed by atoms with E-state index in [2.05, 4.69) is 5.32 Å². The van der Waals surface area contributed by atoms with Gasteiger partial charge < -0.3 is 19.4 Å². The van der Waals surface area contributed by atoms with E-state index in [9.17, 15) is 9.59 Å². The highest BCUT2D eigenvalue weighted by molar-refractivity contribution is 6.32. The molecule has 1 aliphatic heterocycles. The Labute approximate surface area is 179 Å². The van der Waals surface area contributed by atoms with Crippen molar-refractivity contribution in [2.75, 3.05) is 19.5 Å². The van der Waals surface area contributed by atoms with E-state index in [-0.39, 0.29) is 17.6 Å². The highest BCUT2D eigenvalue weighted by Gasteiger charge is 2.32. The first-order chi connectivity index (χ1) is 14.5. The molecular formula is C23H21ClN2O4. The smallest absolute Gasteiger partial charge is 0.233 e. The van der Waals surface area contributed by atoms with E-state index >= 15 is 0 Å². The van der Waals surface area contributed by atoms with Gasteiger partial charge in [-0.05, 0) is 24.6 Å². The third kappa shape index (κ3) is 3.55. The fraction of sp³-hybridized carbons (Fsp3) is 0.217. The van der Waals surface area contributed by atoms with Crippen LogP contribution in [-0.2, 0) is 11.3 Å². The number of rotatable bonds is 6. The van der Waals surface area contributed by atoms with Crippen molar-refractivity contribution < 1.29 is 19.1 Å². The number of nitrogens with one attached hydrogen (secondary N) is 1. The molecule has 1 amide bonds. The molecule has 0 aliphatic carbocycles. The van der Waals surface area contributed by atoms with Crippen LogP contribution in [0.1, 0.15) is 34.1 Å². The predicted molar refractivity (Wildman–Crippen MR) is 115 cm³/mol. The number of carbonyl (C=O) groups excluding carboxylic acids is 2. The third-order valence-corrected chi connectivity index (χ3v) is 5.63. The first-order valence-electron chi connectivity index (χ1n) is 9.55. The average molecular weight is 425 g/mol. The normalized spacial score (nSPS) is 14.8. The maximum atomic E-state index is 13.0. The number of aromatic nitrogens is 1. The molecule has 4 rings (SSSR count). The van der Waals surface area contributed by atoms with Gasteiger partial charge in [-0.3, -0.25) is 9.59 Å². The van der Waals surface area contributed by atoms with E-state index in [0.29, 0.717) is 46.4 Å². The molecule has 2 aromatic carbocycles. The van der Waals surface area contributed by atoms with Crippen LogP contribution in [0.25, 0.3) is 0 Å². The van der Waals surface area contributed by atoms with Gasteiger partial charge in [-0.15, -0.1) is 0 Å². The molecule has 2 heterocycles. The predicted octanol–water partition coefficient (Wildman–Crippen LogP) is 4.52. The molecule has 1 N–H and O–H groups in total. The summed E-state index contributed by atoms with van der Waals surface area (Å²) in [4.78, 5) is 25.9. The fourth-order valence-electron chi connectivity index (χ4n) is 3.82. The van der Waals surface area contributed by atoms with Gasteiger partial charge in [0.25, 0.3) is 0 Å². The molecule has 30 heavy (non-hydrogen) atoms. The molecule has 1 aliphatic rings. The SMILES string of the molecule is COc1cc(OC)c(NC(=O)[C@H]2CCn3c(C(=O)c4ccccc4)ccc32)cc1Cl. The van der Waals surface area contributed by atoms with Crippen LogP contribution in [0, 0.1) is 0 Å². The Kier molecular flexibility index (Phi) is 5.50. The molecular weight excluding hydrogens is 404 g/mol. The Bertz CT molecular complexity index is 1110. The summed E-state index contributed by atoms with van der Waals surface area (Å²) in [5, 5.41) is 3.28.